The summed E-state index contributed by atoms with van der Waals surface area (Å²) in [6.45, 7) is 4.21. The molecule has 1 N–H and O–H groups in total. The summed E-state index contributed by atoms with van der Waals surface area (Å²) in [6.07, 6.45) is 10.8. The number of anilines is 1. The van der Waals surface area contributed by atoms with Crippen LogP contribution in [0.4, 0.5) is 5.82 Å². The van der Waals surface area contributed by atoms with Crippen LogP contribution in [0.3, 0.4) is 0 Å². The minimum atomic E-state index is 0.883. The molecule has 0 aliphatic heterocycles. The van der Waals surface area contributed by atoms with Crippen molar-refractivity contribution in [2.75, 3.05) is 32.5 Å². The van der Waals surface area contributed by atoms with Gasteiger partial charge in [-0.05, 0) is 51.7 Å². The van der Waals surface area contributed by atoms with Crippen LogP contribution in [-0.4, -0.2) is 46.7 Å². The Balaban J connectivity index is 2.00. The number of nitrogens with one attached hydrogen (secondary N) is 1. The van der Waals surface area contributed by atoms with Gasteiger partial charge in [0.2, 0.25) is 0 Å². The van der Waals surface area contributed by atoms with Crippen LogP contribution in [0.5, 0.6) is 0 Å². The summed E-state index contributed by atoms with van der Waals surface area (Å²) in [5.41, 5.74) is 1.91. The fourth-order valence-corrected chi connectivity index (χ4v) is 2.24. The third-order valence-electron chi connectivity index (χ3n) is 3.49. The van der Waals surface area contributed by atoms with Crippen LogP contribution >= 0.6 is 0 Å². The SMILES string of the molecule is CCCCC=Cc1cnc2ccc(NCCCN(C)C)nn12. The minimum absolute atomic E-state index is 0.883. The fourth-order valence-electron chi connectivity index (χ4n) is 2.24. The van der Waals surface area contributed by atoms with E-state index in [0.717, 1.165) is 43.1 Å². The Morgan fingerprint density at radius 1 is 1.27 bits per heavy atom. The minimum Gasteiger partial charge on any atom is -0.369 e. The Hall–Kier alpha value is -1.88. The lowest BCUT2D eigenvalue weighted by atomic mass is 10.2. The van der Waals surface area contributed by atoms with E-state index in [0.29, 0.717) is 0 Å². The maximum atomic E-state index is 4.63. The van der Waals surface area contributed by atoms with E-state index in [9.17, 15) is 0 Å². The van der Waals surface area contributed by atoms with Crippen molar-refractivity contribution in [3.05, 3.63) is 30.1 Å². The van der Waals surface area contributed by atoms with Gasteiger partial charge >= 0.3 is 0 Å². The molecule has 0 unspecified atom stereocenters. The lowest BCUT2D eigenvalue weighted by molar-refractivity contribution is 0.405. The largest absolute Gasteiger partial charge is 0.369 e. The lowest BCUT2D eigenvalue weighted by Gasteiger charge is -2.10. The molecule has 0 aliphatic carbocycles. The Morgan fingerprint density at radius 2 is 2.14 bits per heavy atom. The average Bonchev–Trinajstić information content (AvgIpc) is 2.90. The predicted octanol–water partition coefficient (Wildman–Crippen LogP) is 3.30. The summed E-state index contributed by atoms with van der Waals surface area (Å²) in [6, 6.07) is 3.99. The summed E-state index contributed by atoms with van der Waals surface area (Å²) >= 11 is 0. The Kier molecular flexibility index (Phi) is 6.40. The molecule has 0 fully saturated rings. The molecule has 0 bridgehead atoms. The second kappa shape index (κ2) is 8.54. The predicted molar refractivity (Wildman–Crippen MR) is 93.2 cm³/mol. The van der Waals surface area contributed by atoms with Crippen LogP contribution in [0.1, 0.15) is 38.3 Å². The molecule has 0 amide bonds. The van der Waals surface area contributed by atoms with Crippen molar-refractivity contribution >= 4 is 17.5 Å². The van der Waals surface area contributed by atoms with Gasteiger partial charge < -0.3 is 10.2 Å². The summed E-state index contributed by atoms with van der Waals surface area (Å²) in [5.74, 6) is 0.896. The normalized spacial score (nSPS) is 11.8. The van der Waals surface area contributed by atoms with E-state index in [1.54, 1.807) is 0 Å². The highest BCUT2D eigenvalue weighted by molar-refractivity contribution is 5.53. The Bertz CT molecular complexity index is 600. The van der Waals surface area contributed by atoms with Crippen molar-refractivity contribution in [1.82, 2.24) is 19.5 Å². The van der Waals surface area contributed by atoms with Crippen LogP contribution in [0.25, 0.3) is 11.7 Å². The first kappa shape index (κ1) is 16.5. The Labute approximate surface area is 133 Å². The maximum Gasteiger partial charge on any atom is 0.154 e. The number of imidazole rings is 1. The molecule has 2 aromatic rings. The van der Waals surface area contributed by atoms with E-state index in [1.807, 2.05) is 22.8 Å². The van der Waals surface area contributed by atoms with E-state index < -0.39 is 0 Å². The zero-order valence-electron chi connectivity index (χ0n) is 13.9. The fraction of sp³-hybridized carbons (Fsp3) is 0.529. The highest BCUT2D eigenvalue weighted by Crippen LogP contribution is 2.11. The summed E-state index contributed by atoms with van der Waals surface area (Å²) in [7, 11) is 4.18. The molecule has 0 aromatic carbocycles. The van der Waals surface area contributed by atoms with Crippen molar-refractivity contribution in [3.8, 4) is 0 Å². The smallest absolute Gasteiger partial charge is 0.154 e. The van der Waals surface area contributed by atoms with Gasteiger partial charge in [-0.3, -0.25) is 0 Å². The summed E-state index contributed by atoms with van der Waals surface area (Å²) < 4.78 is 1.90. The zero-order valence-corrected chi connectivity index (χ0v) is 13.9. The molecule has 0 spiro atoms. The molecular formula is C17H27N5. The van der Waals surface area contributed by atoms with Gasteiger partial charge in [0.1, 0.15) is 5.82 Å². The second-order valence-electron chi connectivity index (χ2n) is 5.80. The van der Waals surface area contributed by atoms with Crippen LogP contribution in [-0.2, 0) is 0 Å². The van der Waals surface area contributed by atoms with Crippen molar-refractivity contribution in [3.63, 3.8) is 0 Å². The lowest BCUT2D eigenvalue weighted by Crippen LogP contribution is -2.16. The molecule has 0 saturated heterocycles. The van der Waals surface area contributed by atoms with Crippen molar-refractivity contribution < 1.29 is 0 Å². The molecule has 5 nitrogen and oxygen atoms in total. The second-order valence-corrected chi connectivity index (χ2v) is 5.80. The zero-order chi connectivity index (χ0) is 15.8. The first-order valence-electron chi connectivity index (χ1n) is 8.10. The first-order chi connectivity index (χ1) is 10.7. The molecule has 0 atom stereocenters. The average molecular weight is 301 g/mol. The van der Waals surface area contributed by atoms with Gasteiger partial charge in [-0.15, -0.1) is 5.10 Å². The molecule has 0 saturated carbocycles. The standard InChI is InChI=1S/C17H27N5/c1-4-5-6-7-9-15-14-19-17-11-10-16(20-22(15)17)18-12-8-13-21(2)3/h7,9-11,14H,4-6,8,12-13H2,1-3H3,(H,18,20). The number of aromatic nitrogens is 3. The van der Waals surface area contributed by atoms with Crippen molar-refractivity contribution in [1.29, 1.82) is 0 Å². The van der Waals surface area contributed by atoms with Gasteiger partial charge in [-0.2, -0.15) is 0 Å². The Morgan fingerprint density at radius 3 is 2.91 bits per heavy atom. The monoisotopic (exact) mass is 301 g/mol. The van der Waals surface area contributed by atoms with E-state index in [-0.39, 0.29) is 0 Å². The van der Waals surface area contributed by atoms with Gasteiger partial charge in [0.15, 0.2) is 5.65 Å². The number of allylic oxidation sites excluding steroid dienone is 1. The molecule has 120 valence electrons. The third kappa shape index (κ3) is 4.84. The number of unbranched alkanes of at least 4 members (excludes halogenated alkanes) is 2. The number of hydrogen-bond donors (Lipinski definition) is 1. The van der Waals surface area contributed by atoms with Gasteiger partial charge in [0.25, 0.3) is 0 Å². The molecular weight excluding hydrogens is 274 g/mol. The van der Waals surface area contributed by atoms with Gasteiger partial charge in [0.05, 0.1) is 11.9 Å². The van der Waals surface area contributed by atoms with Crippen molar-refractivity contribution in [2.24, 2.45) is 0 Å². The topological polar surface area (TPSA) is 45.5 Å². The molecule has 2 heterocycles. The van der Waals surface area contributed by atoms with E-state index in [2.05, 4.69) is 53.5 Å². The van der Waals surface area contributed by atoms with Gasteiger partial charge in [-0.1, -0.05) is 25.8 Å². The molecule has 22 heavy (non-hydrogen) atoms. The number of nitrogens with zero attached hydrogens (tertiary/aromatic N) is 4. The van der Waals surface area contributed by atoms with Crippen LogP contribution in [0.2, 0.25) is 0 Å². The van der Waals surface area contributed by atoms with E-state index >= 15 is 0 Å². The highest BCUT2D eigenvalue weighted by Gasteiger charge is 2.03. The maximum absolute atomic E-state index is 4.63. The van der Waals surface area contributed by atoms with Crippen LogP contribution in [0, 0.1) is 0 Å². The highest BCUT2D eigenvalue weighted by atomic mass is 15.3. The first-order valence-corrected chi connectivity index (χ1v) is 8.10. The van der Waals surface area contributed by atoms with Crippen LogP contribution in [0.15, 0.2) is 24.4 Å². The quantitative estimate of drug-likeness (QED) is 0.722. The van der Waals surface area contributed by atoms with Gasteiger partial charge in [-0.25, -0.2) is 9.50 Å². The van der Waals surface area contributed by atoms with Gasteiger partial charge in [0, 0.05) is 6.54 Å². The van der Waals surface area contributed by atoms with E-state index in [4.69, 9.17) is 0 Å². The molecule has 5 heteroatoms. The molecule has 2 rings (SSSR count). The number of rotatable bonds is 9. The number of fused-ring (bicyclic) bond motifs is 1. The third-order valence-corrected chi connectivity index (χ3v) is 3.49. The molecule has 2 aromatic heterocycles. The molecule has 0 radical (unpaired) electrons. The number of hydrogen-bond acceptors (Lipinski definition) is 4. The summed E-state index contributed by atoms with van der Waals surface area (Å²) in [5, 5.41) is 8.00. The van der Waals surface area contributed by atoms with E-state index in [1.165, 1.54) is 12.8 Å². The van der Waals surface area contributed by atoms with Crippen LogP contribution < -0.4 is 5.32 Å². The summed E-state index contributed by atoms with van der Waals surface area (Å²) in [4.78, 5) is 6.58. The van der Waals surface area contributed by atoms with Crippen molar-refractivity contribution in [2.45, 2.75) is 32.6 Å². The molecule has 0 aliphatic rings.